The van der Waals surface area contributed by atoms with Crippen molar-refractivity contribution in [3.05, 3.63) is 29.8 Å². The van der Waals surface area contributed by atoms with Gasteiger partial charge in [0.2, 0.25) is 5.91 Å². The number of likely N-dealkylation sites (N-methyl/N-ethyl adjacent to an activating group) is 2. The van der Waals surface area contributed by atoms with Gasteiger partial charge in [0.15, 0.2) is 5.96 Å². The minimum absolute atomic E-state index is 0.00841. The van der Waals surface area contributed by atoms with E-state index in [2.05, 4.69) is 64.9 Å². The molecule has 0 heterocycles. The third-order valence-corrected chi connectivity index (χ3v) is 4.50. The Morgan fingerprint density at radius 3 is 2.58 bits per heavy atom. The van der Waals surface area contributed by atoms with Gasteiger partial charge in [0.05, 0.1) is 0 Å². The summed E-state index contributed by atoms with van der Waals surface area (Å²) in [5.74, 6) is 1.67. The molecule has 146 valence electrons. The lowest BCUT2D eigenvalue weighted by Crippen LogP contribution is -2.43. The molecule has 1 aromatic carbocycles. The molecule has 0 fully saturated rings. The van der Waals surface area contributed by atoms with Crippen LogP contribution in [0.15, 0.2) is 29.3 Å². The van der Waals surface area contributed by atoms with Crippen LogP contribution in [-0.2, 0) is 4.79 Å². The van der Waals surface area contributed by atoms with Crippen molar-refractivity contribution in [2.24, 2.45) is 4.99 Å². The predicted molar refractivity (Wildman–Crippen MR) is 114 cm³/mol. The van der Waals surface area contributed by atoms with Crippen molar-refractivity contribution in [3.63, 3.8) is 0 Å². The Balaban J connectivity index is 2.60. The molecular formula is C19H33N5OS. The van der Waals surface area contributed by atoms with Crippen LogP contribution in [0.2, 0.25) is 0 Å². The normalized spacial score (nSPS) is 11.2. The average molecular weight is 380 g/mol. The first kappa shape index (κ1) is 22.2. The van der Waals surface area contributed by atoms with Crippen LogP contribution in [-0.4, -0.2) is 75.6 Å². The van der Waals surface area contributed by atoms with Gasteiger partial charge in [0.1, 0.15) is 6.54 Å². The number of benzene rings is 1. The van der Waals surface area contributed by atoms with E-state index in [4.69, 9.17) is 0 Å². The molecule has 0 spiro atoms. The minimum atomic E-state index is -0.00841. The van der Waals surface area contributed by atoms with Crippen LogP contribution < -0.4 is 15.5 Å². The topological polar surface area (TPSA) is 60.0 Å². The van der Waals surface area contributed by atoms with Crippen molar-refractivity contribution in [3.8, 4) is 0 Å². The molecule has 0 bridgehead atoms. The van der Waals surface area contributed by atoms with Gasteiger partial charge in [-0.15, -0.1) is 0 Å². The molecule has 0 atom stereocenters. The number of aryl methyl sites for hydroxylation is 1. The van der Waals surface area contributed by atoms with Gasteiger partial charge < -0.3 is 20.4 Å². The molecule has 1 aromatic rings. The fourth-order valence-electron chi connectivity index (χ4n) is 2.34. The van der Waals surface area contributed by atoms with Gasteiger partial charge in [-0.2, -0.15) is 11.8 Å². The zero-order valence-corrected chi connectivity index (χ0v) is 17.5. The van der Waals surface area contributed by atoms with E-state index in [1.807, 2.05) is 0 Å². The lowest BCUT2D eigenvalue weighted by atomic mass is 10.2. The summed E-state index contributed by atoms with van der Waals surface area (Å²) in [4.78, 5) is 20.1. The predicted octanol–water partition coefficient (Wildman–Crippen LogP) is 1.81. The first-order valence-corrected chi connectivity index (χ1v) is 10.4. The van der Waals surface area contributed by atoms with Crippen LogP contribution in [0.3, 0.4) is 0 Å². The maximum Gasteiger partial charge on any atom is 0.243 e. The molecule has 0 unspecified atom stereocenters. The van der Waals surface area contributed by atoms with E-state index in [1.165, 1.54) is 11.3 Å². The molecule has 0 aliphatic rings. The molecule has 0 saturated heterocycles. The molecule has 26 heavy (non-hydrogen) atoms. The number of amides is 1. The highest BCUT2D eigenvalue weighted by Gasteiger charge is 2.07. The van der Waals surface area contributed by atoms with Crippen LogP contribution in [0, 0.1) is 6.92 Å². The Hall–Kier alpha value is -1.89. The molecule has 7 heteroatoms. The van der Waals surface area contributed by atoms with E-state index < -0.39 is 0 Å². The van der Waals surface area contributed by atoms with Crippen molar-refractivity contribution in [1.82, 2.24) is 15.5 Å². The number of nitrogens with zero attached hydrogens (tertiary/aromatic N) is 3. The second kappa shape index (κ2) is 12.5. The molecule has 0 saturated carbocycles. The Morgan fingerprint density at radius 1 is 1.23 bits per heavy atom. The number of thioether (sulfide) groups is 1. The third-order valence-electron chi connectivity index (χ3n) is 3.89. The second-order valence-electron chi connectivity index (χ2n) is 6.22. The molecule has 1 amide bonds. The lowest BCUT2D eigenvalue weighted by molar-refractivity contribution is -0.127. The Bertz CT molecular complexity index is 577. The zero-order chi connectivity index (χ0) is 19.4. The number of carbonyl (C=O) groups is 1. The summed E-state index contributed by atoms with van der Waals surface area (Å²) in [6.07, 6.45) is 2.07. The summed E-state index contributed by atoms with van der Waals surface area (Å²) in [6, 6.07) is 8.53. The first-order valence-electron chi connectivity index (χ1n) is 9.00. The van der Waals surface area contributed by atoms with Gasteiger partial charge in [-0.1, -0.05) is 12.1 Å². The lowest BCUT2D eigenvalue weighted by Gasteiger charge is -2.24. The van der Waals surface area contributed by atoms with Crippen molar-refractivity contribution in [2.75, 3.05) is 63.7 Å². The van der Waals surface area contributed by atoms with Gasteiger partial charge in [0.25, 0.3) is 0 Å². The number of hydrogen-bond acceptors (Lipinski definition) is 4. The SMILES string of the molecule is CCN(CCNC(=NCC(=O)N(C)C)NCCSC)c1cccc(C)c1. The van der Waals surface area contributed by atoms with E-state index in [0.29, 0.717) is 5.96 Å². The summed E-state index contributed by atoms with van der Waals surface area (Å²) < 4.78 is 0. The molecule has 0 radical (unpaired) electrons. The number of rotatable bonds is 10. The Labute approximate surface area is 162 Å². The van der Waals surface area contributed by atoms with E-state index in [1.54, 1.807) is 30.8 Å². The van der Waals surface area contributed by atoms with Crippen molar-refractivity contribution < 1.29 is 4.79 Å². The van der Waals surface area contributed by atoms with Gasteiger partial charge in [-0.05, 0) is 37.8 Å². The van der Waals surface area contributed by atoms with Crippen molar-refractivity contribution in [1.29, 1.82) is 0 Å². The highest BCUT2D eigenvalue weighted by molar-refractivity contribution is 7.98. The standard InChI is InChI=1S/C19H33N5OS/c1-6-24(17-9-7-8-16(2)14-17)12-10-20-19(21-11-13-26-5)22-15-18(25)23(3)4/h7-9,14H,6,10-13,15H2,1-5H3,(H2,20,21,22). The van der Waals surface area contributed by atoms with E-state index in [-0.39, 0.29) is 12.5 Å². The van der Waals surface area contributed by atoms with E-state index in [9.17, 15) is 4.79 Å². The van der Waals surface area contributed by atoms with Crippen LogP contribution in [0.25, 0.3) is 0 Å². The maximum absolute atomic E-state index is 11.8. The van der Waals surface area contributed by atoms with Crippen LogP contribution in [0.1, 0.15) is 12.5 Å². The third kappa shape index (κ3) is 8.47. The fraction of sp³-hybridized carbons (Fsp3) is 0.579. The Kier molecular flexibility index (Phi) is 10.6. The Morgan fingerprint density at radius 2 is 1.96 bits per heavy atom. The number of carbonyl (C=O) groups excluding carboxylic acids is 1. The maximum atomic E-state index is 11.8. The molecule has 0 aliphatic heterocycles. The molecule has 0 aliphatic carbocycles. The number of aliphatic imine (C=N–C) groups is 1. The molecule has 0 aromatic heterocycles. The number of guanidine groups is 1. The van der Waals surface area contributed by atoms with E-state index in [0.717, 1.165) is 31.9 Å². The van der Waals surface area contributed by atoms with Gasteiger partial charge >= 0.3 is 0 Å². The van der Waals surface area contributed by atoms with Gasteiger partial charge in [0, 0.05) is 51.7 Å². The summed E-state index contributed by atoms with van der Waals surface area (Å²) in [7, 11) is 3.49. The quantitative estimate of drug-likeness (QED) is 0.369. The summed E-state index contributed by atoms with van der Waals surface area (Å²) >= 11 is 1.78. The molecule has 1 rings (SSSR count). The van der Waals surface area contributed by atoms with Crippen molar-refractivity contribution in [2.45, 2.75) is 13.8 Å². The largest absolute Gasteiger partial charge is 0.370 e. The molecule has 2 N–H and O–H groups in total. The highest BCUT2D eigenvalue weighted by Crippen LogP contribution is 2.14. The number of hydrogen-bond donors (Lipinski definition) is 2. The number of nitrogens with one attached hydrogen (secondary N) is 2. The molecule has 6 nitrogen and oxygen atoms in total. The summed E-state index contributed by atoms with van der Waals surface area (Å²) in [6.45, 7) is 7.79. The minimum Gasteiger partial charge on any atom is -0.370 e. The van der Waals surface area contributed by atoms with Crippen molar-refractivity contribution >= 4 is 29.3 Å². The van der Waals surface area contributed by atoms with E-state index >= 15 is 0 Å². The average Bonchev–Trinajstić information content (AvgIpc) is 2.62. The van der Waals surface area contributed by atoms with Gasteiger partial charge in [-0.3, -0.25) is 4.79 Å². The van der Waals surface area contributed by atoms with Crippen LogP contribution in [0.5, 0.6) is 0 Å². The van der Waals surface area contributed by atoms with Crippen LogP contribution >= 0.6 is 11.8 Å². The van der Waals surface area contributed by atoms with Gasteiger partial charge in [-0.25, -0.2) is 4.99 Å². The van der Waals surface area contributed by atoms with Crippen LogP contribution in [0.4, 0.5) is 5.69 Å². The second-order valence-corrected chi connectivity index (χ2v) is 7.20. The molecular weight excluding hydrogens is 346 g/mol. The first-order chi connectivity index (χ1) is 12.5. The smallest absolute Gasteiger partial charge is 0.243 e. The zero-order valence-electron chi connectivity index (χ0n) is 16.7. The number of anilines is 1. The summed E-state index contributed by atoms with van der Waals surface area (Å²) in [5, 5.41) is 6.62. The summed E-state index contributed by atoms with van der Waals surface area (Å²) in [5.41, 5.74) is 2.49. The fourth-order valence-corrected chi connectivity index (χ4v) is 2.64. The monoisotopic (exact) mass is 379 g/mol. The highest BCUT2D eigenvalue weighted by atomic mass is 32.2.